The van der Waals surface area contributed by atoms with Crippen LogP contribution in [0.2, 0.25) is 0 Å². The first-order valence-electron chi connectivity index (χ1n) is 9.45. The molecule has 3 aliphatic rings. The second-order valence-electron chi connectivity index (χ2n) is 8.33. The lowest BCUT2D eigenvalue weighted by atomic mass is 9.82. The molecule has 1 atom stereocenters. The molecule has 0 amide bonds. The number of hydrogen-bond acceptors (Lipinski definition) is 6. The first-order valence-corrected chi connectivity index (χ1v) is 9.45. The summed E-state index contributed by atoms with van der Waals surface area (Å²) < 4.78 is 5.63. The molecule has 1 spiro atoms. The van der Waals surface area contributed by atoms with Gasteiger partial charge in [0.25, 0.3) is 0 Å². The molecule has 3 fully saturated rings. The molecule has 2 N–H and O–H groups in total. The zero-order valence-electron chi connectivity index (χ0n) is 14.8. The Labute approximate surface area is 151 Å². The minimum absolute atomic E-state index is 0.0266. The number of carbonyl (C=O) groups excluding carboxylic acids is 1. The summed E-state index contributed by atoms with van der Waals surface area (Å²) in [5, 5.41) is 10.4. The number of anilines is 1. The van der Waals surface area contributed by atoms with E-state index in [1.165, 1.54) is 0 Å². The minimum atomic E-state index is -0.145. The van der Waals surface area contributed by atoms with Crippen molar-refractivity contribution in [3.8, 4) is 0 Å². The summed E-state index contributed by atoms with van der Waals surface area (Å²) >= 11 is 0. The SMILES string of the molecule is O=C(OCC1(CO)CC1)[C@@H]1CCN(c2ncnc3[nH]ccc23)CC12CC2. The van der Waals surface area contributed by atoms with Crippen molar-refractivity contribution >= 4 is 22.8 Å². The minimum Gasteiger partial charge on any atom is -0.465 e. The van der Waals surface area contributed by atoms with E-state index in [4.69, 9.17) is 4.74 Å². The third kappa shape index (κ3) is 2.57. The lowest BCUT2D eigenvalue weighted by Gasteiger charge is -2.38. The highest BCUT2D eigenvalue weighted by Crippen LogP contribution is 2.57. The number of aliphatic hydroxyl groups excluding tert-OH is 1. The fourth-order valence-corrected chi connectivity index (χ4v) is 4.34. The van der Waals surface area contributed by atoms with Crippen LogP contribution in [-0.2, 0) is 9.53 Å². The Bertz CT molecular complexity index is 840. The molecule has 5 rings (SSSR count). The van der Waals surface area contributed by atoms with Crippen molar-refractivity contribution in [2.45, 2.75) is 32.1 Å². The molecule has 1 saturated heterocycles. The third-order valence-corrected chi connectivity index (χ3v) is 6.55. The molecular formula is C19H24N4O3. The van der Waals surface area contributed by atoms with E-state index < -0.39 is 0 Å². The molecule has 138 valence electrons. The number of carbonyl (C=O) groups is 1. The number of rotatable bonds is 5. The van der Waals surface area contributed by atoms with Gasteiger partial charge in [-0.2, -0.15) is 0 Å². The van der Waals surface area contributed by atoms with Gasteiger partial charge in [0.05, 0.1) is 24.5 Å². The maximum atomic E-state index is 12.7. The van der Waals surface area contributed by atoms with Crippen molar-refractivity contribution in [1.29, 1.82) is 0 Å². The normalized spacial score (nSPS) is 25.4. The molecule has 2 aliphatic carbocycles. The van der Waals surface area contributed by atoms with Gasteiger partial charge in [-0.1, -0.05) is 0 Å². The second kappa shape index (κ2) is 5.67. The van der Waals surface area contributed by atoms with Crippen LogP contribution in [0.25, 0.3) is 11.0 Å². The lowest BCUT2D eigenvalue weighted by Crippen LogP contribution is -2.45. The van der Waals surface area contributed by atoms with Crippen LogP contribution >= 0.6 is 0 Å². The number of nitrogens with zero attached hydrogens (tertiary/aromatic N) is 3. The monoisotopic (exact) mass is 356 g/mol. The predicted octanol–water partition coefficient (Wildman–Crippen LogP) is 1.88. The number of nitrogens with one attached hydrogen (secondary N) is 1. The van der Waals surface area contributed by atoms with Gasteiger partial charge in [0.15, 0.2) is 0 Å². The van der Waals surface area contributed by atoms with E-state index in [1.54, 1.807) is 6.33 Å². The fraction of sp³-hybridized carbons (Fsp3) is 0.632. The van der Waals surface area contributed by atoms with Crippen molar-refractivity contribution in [2.75, 3.05) is 31.2 Å². The Morgan fingerprint density at radius 3 is 2.92 bits per heavy atom. The first-order chi connectivity index (χ1) is 12.6. The quantitative estimate of drug-likeness (QED) is 0.795. The van der Waals surface area contributed by atoms with E-state index in [2.05, 4.69) is 19.9 Å². The topological polar surface area (TPSA) is 91.3 Å². The number of aromatic amines is 1. The van der Waals surface area contributed by atoms with Gasteiger partial charge in [-0.25, -0.2) is 9.97 Å². The standard InChI is InChI=1S/C19H24N4O3/c24-10-18(3-4-18)11-26-17(25)14-2-8-23(9-19(14)5-6-19)16-13-1-7-20-15(13)21-12-22-16/h1,7,12,14,24H,2-6,8-11H2,(H,20,21,22)/t14-/m0/s1. The van der Waals surface area contributed by atoms with E-state index >= 15 is 0 Å². The highest BCUT2D eigenvalue weighted by atomic mass is 16.5. The van der Waals surface area contributed by atoms with E-state index in [9.17, 15) is 9.90 Å². The maximum Gasteiger partial charge on any atom is 0.309 e. The molecule has 26 heavy (non-hydrogen) atoms. The Morgan fingerprint density at radius 2 is 2.19 bits per heavy atom. The number of H-pyrrole nitrogens is 1. The summed E-state index contributed by atoms with van der Waals surface area (Å²) in [7, 11) is 0. The molecule has 7 heteroatoms. The van der Waals surface area contributed by atoms with Crippen molar-refractivity contribution in [2.24, 2.45) is 16.7 Å². The highest BCUT2D eigenvalue weighted by molar-refractivity contribution is 5.87. The number of ether oxygens (including phenoxy) is 1. The molecule has 2 aromatic rings. The van der Waals surface area contributed by atoms with E-state index in [0.29, 0.717) is 6.61 Å². The second-order valence-corrected chi connectivity index (χ2v) is 8.33. The Morgan fingerprint density at radius 1 is 1.35 bits per heavy atom. The third-order valence-electron chi connectivity index (χ3n) is 6.55. The highest BCUT2D eigenvalue weighted by Gasteiger charge is 2.56. The average molecular weight is 356 g/mol. The number of hydrogen-bond donors (Lipinski definition) is 2. The van der Waals surface area contributed by atoms with Crippen molar-refractivity contribution in [3.63, 3.8) is 0 Å². The van der Waals surface area contributed by atoms with Gasteiger partial charge in [0.2, 0.25) is 0 Å². The van der Waals surface area contributed by atoms with Crippen molar-refractivity contribution in [1.82, 2.24) is 15.0 Å². The summed E-state index contributed by atoms with van der Waals surface area (Å²) in [5.41, 5.74) is 0.729. The Hall–Kier alpha value is -2.15. The summed E-state index contributed by atoms with van der Waals surface area (Å²) in [6.45, 7) is 2.12. The molecule has 2 aromatic heterocycles. The van der Waals surface area contributed by atoms with Crippen LogP contribution in [0.5, 0.6) is 0 Å². The summed E-state index contributed by atoms with van der Waals surface area (Å²) in [5.74, 6) is 0.847. The van der Waals surface area contributed by atoms with Crippen molar-refractivity contribution < 1.29 is 14.6 Å². The zero-order valence-corrected chi connectivity index (χ0v) is 14.8. The van der Waals surface area contributed by atoms with E-state index in [1.807, 2.05) is 12.3 Å². The van der Waals surface area contributed by atoms with Gasteiger partial charge in [0.1, 0.15) is 17.8 Å². The number of piperidine rings is 1. The number of aromatic nitrogens is 3. The molecule has 0 bridgehead atoms. The van der Waals surface area contributed by atoms with Crippen LogP contribution in [0.3, 0.4) is 0 Å². The van der Waals surface area contributed by atoms with E-state index in [-0.39, 0.29) is 29.3 Å². The molecule has 1 aliphatic heterocycles. The van der Waals surface area contributed by atoms with Crippen LogP contribution in [0.1, 0.15) is 32.1 Å². The number of esters is 1. The maximum absolute atomic E-state index is 12.7. The number of fused-ring (bicyclic) bond motifs is 1. The molecule has 7 nitrogen and oxygen atoms in total. The molecule has 3 heterocycles. The van der Waals surface area contributed by atoms with Crippen LogP contribution in [0.4, 0.5) is 5.82 Å². The largest absolute Gasteiger partial charge is 0.465 e. The predicted molar refractivity (Wildman–Crippen MR) is 95.6 cm³/mol. The Balaban J connectivity index is 1.30. The van der Waals surface area contributed by atoms with Gasteiger partial charge in [-0.15, -0.1) is 0 Å². The van der Waals surface area contributed by atoms with Crippen molar-refractivity contribution in [3.05, 3.63) is 18.6 Å². The molecule has 0 aromatic carbocycles. The van der Waals surface area contributed by atoms with Crippen LogP contribution in [0.15, 0.2) is 18.6 Å². The van der Waals surface area contributed by atoms with Crippen LogP contribution in [-0.4, -0.2) is 52.3 Å². The van der Waals surface area contributed by atoms with Gasteiger partial charge in [-0.05, 0) is 38.2 Å². The lowest BCUT2D eigenvalue weighted by molar-refractivity contribution is -0.154. The van der Waals surface area contributed by atoms with Gasteiger partial charge >= 0.3 is 5.97 Å². The van der Waals surface area contributed by atoms with Crippen LogP contribution < -0.4 is 4.90 Å². The zero-order chi connectivity index (χ0) is 17.8. The molecule has 0 unspecified atom stereocenters. The van der Waals surface area contributed by atoms with Gasteiger partial charge < -0.3 is 19.7 Å². The van der Waals surface area contributed by atoms with Gasteiger partial charge in [0, 0.05) is 30.1 Å². The Kier molecular flexibility index (Phi) is 3.50. The summed E-state index contributed by atoms with van der Waals surface area (Å²) in [6.07, 6.45) is 8.32. The molecular weight excluding hydrogens is 332 g/mol. The first kappa shape index (κ1) is 16.1. The molecule has 0 radical (unpaired) electrons. The van der Waals surface area contributed by atoms with E-state index in [0.717, 1.165) is 62.0 Å². The number of aliphatic hydroxyl groups is 1. The fourth-order valence-electron chi connectivity index (χ4n) is 4.34. The summed E-state index contributed by atoms with van der Waals surface area (Å²) in [6, 6.07) is 2.01. The average Bonchev–Trinajstić information content (AvgIpc) is 3.57. The summed E-state index contributed by atoms with van der Waals surface area (Å²) in [4.78, 5) is 26.9. The van der Waals surface area contributed by atoms with Crippen LogP contribution in [0, 0.1) is 16.7 Å². The molecule has 2 saturated carbocycles. The van der Waals surface area contributed by atoms with Gasteiger partial charge in [-0.3, -0.25) is 4.79 Å². The smallest absolute Gasteiger partial charge is 0.309 e.